The number of carbonyl (C=O) groups is 3. The van der Waals surface area contributed by atoms with Gasteiger partial charge < -0.3 is 10.2 Å². The molecule has 2 unspecified atom stereocenters. The van der Waals surface area contributed by atoms with Gasteiger partial charge in [0.15, 0.2) is 0 Å². The lowest BCUT2D eigenvalue weighted by molar-refractivity contribution is -0.140. The second kappa shape index (κ2) is 7.32. The molecule has 2 rings (SSSR count). The van der Waals surface area contributed by atoms with Crippen molar-refractivity contribution in [3.8, 4) is 0 Å². The molecular weight excluding hydrogens is 294 g/mol. The minimum atomic E-state index is -0.782. The molecule has 6 heteroatoms. The van der Waals surface area contributed by atoms with E-state index < -0.39 is 11.6 Å². The highest BCUT2D eigenvalue weighted by atomic mass is 16.2. The lowest BCUT2D eigenvalue weighted by Gasteiger charge is -2.36. The van der Waals surface area contributed by atoms with Gasteiger partial charge in [0.2, 0.25) is 5.91 Å². The first-order valence-electron chi connectivity index (χ1n) is 8.88. The van der Waals surface area contributed by atoms with Crippen LogP contribution >= 0.6 is 0 Å². The van der Waals surface area contributed by atoms with E-state index in [1.807, 2.05) is 13.8 Å². The summed E-state index contributed by atoms with van der Waals surface area (Å²) in [6, 6.07) is -0.413. The van der Waals surface area contributed by atoms with Crippen molar-refractivity contribution >= 4 is 17.8 Å². The van der Waals surface area contributed by atoms with Gasteiger partial charge in [-0.05, 0) is 32.1 Å². The van der Waals surface area contributed by atoms with Gasteiger partial charge in [-0.15, -0.1) is 0 Å². The molecule has 6 nitrogen and oxygen atoms in total. The van der Waals surface area contributed by atoms with Gasteiger partial charge >= 0.3 is 6.03 Å². The van der Waals surface area contributed by atoms with Crippen LogP contribution in [0.4, 0.5) is 4.79 Å². The van der Waals surface area contributed by atoms with E-state index in [4.69, 9.17) is 0 Å². The average Bonchev–Trinajstić information content (AvgIpc) is 2.76. The van der Waals surface area contributed by atoms with Crippen LogP contribution in [0.1, 0.15) is 59.3 Å². The molecule has 1 aliphatic heterocycles. The molecule has 1 spiro atoms. The molecule has 130 valence electrons. The van der Waals surface area contributed by atoms with Crippen LogP contribution in [0, 0.1) is 5.92 Å². The van der Waals surface area contributed by atoms with Crippen molar-refractivity contribution in [3.05, 3.63) is 0 Å². The summed E-state index contributed by atoms with van der Waals surface area (Å²) in [6.45, 7) is 7.15. The summed E-state index contributed by atoms with van der Waals surface area (Å²) >= 11 is 0. The molecule has 2 atom stereocenters. The Morgan fingerprint density at radius 3 is 2.70 bits per heavy atom. The van der Waals surface area contributed by atoms with Crippen LogP contribution in [0.15, 0.2) is 0 Å². The Morgan fingerprint density at radius 1 is 1.35 bits per heavy atom. The number of hydrogen-bond acceptors (Lipinski definition) is 3. The molecule has 1 aliphatic carbocycles. The fourth-order valence-corrected chi connectivity index (χ4v) is 3.68. The molecule has 0 radical (unpaired) electrons. The van der Waals surface area contributed by atoms with Gasteiger partial charge in [-0.3, -0.25) is 14.5 Å². The predicted molar refractivity (Wildman–Crippen MR) is 87.8 cm³/mol. The van der Waals surface area contributed by atoms with Crippen LogP contribution < -0.4 is 5.32 Å². The highest BCUT2D eigenvalue weighted by Gasteiger charge is 2.55. The molecule has 1 saturated carbocycles. The molecule has 1 saturated heterocycles. The number of urea groups is 1. The van der Waals surface area contributed by atoms with E-state index in [2.05, 4.69) is 12.2 Å². The van der Waals surface area contributed by atoms with Crippen LogP contribution in [-0.2, 0) is 9.59 Å². The summed E-state index contributed by atoms with van der Waals surface area (Å²) in [5.74, 6) is -0.241. The van der Waals surface area contributed by atoms with Gasteiger partial charge in [0.1, 0.15) is 12.1 Å². The summed E-state index contributed by atoms with van der Waals surface area (Å²) < 4.78 is 0. The van der Waals surface area contributed by atoms with E-state index in [-0.39, 0.29) is 24.3 Å². The van der Waals surface area contributed by atoms with Gasteiger partial charge in [-0.25, -0.2) is 4.79 Å². The zero-order valence-electron chi connectivity index (χ0n) is 14.6. The molecule has 2 aliphatic rings. The minimum absolute atomic E-state index is 0.121. The lowest BCUT2D eigenvalue weighted by atomic mass is 9.73. The van der Waals surface area contributed by atoms with Crippen molar-refractivity contribution in [2.45, 2.75) is 64.8 Å². The van der Waals surface area contributed by atoms with Gasteiger partial charge in [0.25, 0.3) is 5.91 Å². The molecule has 2 fully saturated rings. The summed E-state index contributed by atoms with van der Waals surface area (Å²) in [7, 11) is 0. The zero-order chi connectivity index (χ0) is 17.0. The maximum Gasteiger partial charge on any atom is 0.325 e. The number of hydrogen-bond donors (Lipinski definition) is 1. The van der Waals surface area contributed by atoms with Crippen LogP contribution in [-0.4, -0.2) is 52.8 Å². The Kier molecular flexibility index (Phi) is 5.65. The number of amides is 4. The number of nitrogens with one attached hydrogen (secondary N) is 1. The van der Waals surface area contributed by atoms with Crippen molar-refractivity contribution in [2.24, 2.45) is 5.92 Å². The van der Waals surface area contributed by atoms with Crippen molar-refractivity contribution in [1.82, 2.24) is 15.1 Å². The molecule has 1 heterocycles. The SMILES string of the molecule is CCCCN(CC)C(=O)CN1C(=O)NC2(CCCCC2C)C1=O. The maximum absolute atomic E-state index is 12.8. The first-order chi connectivity index (χ1) is 11.0. The van der Waals surface area contributed by atoms with E-state index >= 15 is 0 Å². The topological polar surface area (TPSA) is 69.7 Å². The van der Waals surface area contributed by atoms with Crippen molar-refractivity contribution in [2.75, 3.05) is 19.6 Å². The van der Waals surface area contributed by atoms with Crippen molar-refractivity contribution < 1.29 is 14.4 Å². The Hall–Kier alpha value is -1.59. The number of nitrogens with zero attached hydrogens (tertiary/aromatic N) is 2. The van der Waals surface area contributed by atoms with Gasteiger partial charge in [-0.1, -0.05) is 33.1 Å². The second-order valence-electron chi connectivity index (χ2n) is 6.77. The van der Waals surface area contributed by atoms with Crippen molar-refractivity contribution in [3.63, 3.8) is 0 Å². The zero-order valence-corrected chi connectivity index (χ0v) is 14.6. The molecule has 1 N–H and O–H groups in total. The molecule has 0 aromatic heterocycles. The smallest absolute Gasteiger partial charge is 0.325 e. The standard InChI is InChI=1S/C17H29N3O3/c1-4-6-11-19(5-2)14(21)12-20-15(22)17(18-16(20)23)10-8-7-9-13(17)3/h13H,4-12H2,1-3H3,(H,18,23). The van der Waals surface area contributed by atoms with E-state index in [1.54, 1.807) is 4.90 Å². The molecule has 0 aromatic rings. The van der Waals surface area contributed by atoms with Gasteiger partial charge in [0, 0.05) is 13.1 Å². The normalized spacial score (nSPS) is 27.4. The maximum atomic E-state index is 12.8. The Labute approximate surface area is 138 Å². The number of likely N-dealkylation sites (N-methyl/N-ethyl adjacent to an activating group) is 1. The van der Waals surface area contributed by atoms with Gasteiger partial charge in [-0.2, -0.15) is 0 Å². The Morgan fingerprint density at radius 2 is 2.09 bits per heavy atom. The summed E-state index contributed by atoms with van der Waals surface area (Å²) in [5, 5.41) is 2.89. The van der Waals surface area contributed by atoms with E-state index in [1.165, 1.54) is 0 Å². The molecule has 0 bridgehead atoms. The second-order valence-corrected chi connectivity index (χ2v) is 6.77. The number of imide groups is 1. The van der Waals surface area contributed by atoms with Crippen LogP contribution in [0.3, 0.4) is 0 Å². The van der Waals surface area contributed by atoms with E-state index in [0.717, 1.165) is 37.0 Å². The Bertz CT molecular complexity index is 480. The number of rotatable bonds is 6. The van der Waals surface area contributed by atoms with E-state index in [0.29, 0.717) is 19.5 Å². The highest BCUT2D eigenvalue weighted by Crippen LogP contribution is 2.38. The molecular formula is C17H29N3O3. The third-order valence-corrected chi connectivity index (χ3v) is 5.31. The molecule has 23 heavy (non-hydrogen) atoms. The monoisotopic (exact) mass is 323 g/mol. The minimum Gasteiger partial charge on any atom is -0.341 e. The fraction of sp³-hybridized carbons (Fsp3) is 0.824. The van der Waals surface area contributed by atoms with Crippen LogP contribution in [0.5, 0.6) is 0 Å². The lowest BCUT2D eigenvalue weighted by Crippen LogP contribution is -2.54. The van der Waals surface area contributed by atoms with Crippen LogP contribution in [0.25, 0.3) is 0 Å². The first kappa shape index (κ1) is 17.8. The molecule has 4 amide bonds. The Balaban J connectivity index is 2.07. The quantitative estimate of drug-likeness (QED) is 0.761. The summed E-state index contributed by atoms with van der Waals surface area (Å²) in [5.41, 5.74) is -0.782. The van der Waals surface area contributed by atoms with Gasteiger partial charge in [0.05, 0.1) is 0 Å². The third kappa shape index (κ3) is 3.35. The van der Waals surface area contributed by atoms with Crippen LogP contribution in [0.2, 0.25) is 0 Å². The third-order valence-electron chi connectivity index (χ3n) is 5.31. The first-order valence-corrected chi connectivity index (χ1v) is 8.88. The molecule has 0 aromatic carbocycles. The predicted octanol–water partition coefficient (Wildman–Crippen LogP) is 2.14. The average molecular weight is 323 g/mol. The largest absolute Gasteiger partial charge is 0.341 e. The summed E-state index contributed by atoms with van der Waals surface area (Å²) in [6.07, 6.45) is 5.58. The number of carbonyl (C=O) groups excluding carboxylic acids is 3. The van der Waals surface area contributed by atoms with Crippen molar-refractivity contribution in [1.29, 1.82) is 0 Å². The fourth-order valence-electron chi connectivity index (χ4n) is 3.68. The highest BCUT2D eigenvalue weighted by molar-refractivity contribution is 6.09. The number of unbranched alkanes of at least 4 members (excludes halogenated alkanes) is 1. The van der Waals surface area contributed by atoms with E-state index in [9.17, 15) is 14.4 Å². The summed E-state index contributed by atoms with van der Waals surface area (Å²) in [4.78, 5) is 40.4.